The third kappa shape index (κ3) is 2.99. The van der Waals surface area contributed by atoms with Gasteiger partial charge in [0.2, 0.25) is 0 Å². The second-order valence-corrected chi connectivity index (χ2v) is 4.24. The summed E-state index contributed by atoms with van der Waals surface area (Å²) in [7, 11) is 0. The van der Waals surface area contributed by atoms with Gasteiger partial charge >= 0.3 is 6.18 Å². The molecule has 0 aliphatic rings. The number of alkyl halides is 3. The van der Waals surface area contributed by atoms with Crippen molar-refractivity contribution < 1.29 is 26.3 Å². The average molecular weight is 306 g/mol. The number of halogens is 6. The zero-order chi connectivity index (χ0) is 15.8. The SMILES string of the molecule is NC(c1cc(F)c(F)c(F)c1)c1cnccc1C(F)(F)F. The molecule has 2 nitrogen and oxygen atoms in total. The van der Waals surface area contributed by atoms with Gasteiger partial charge in [-0.05, 0) is 23.8 Å². The van der Waals surface area contributed by atoms with Crippen molar-refractivity contribution in [3.05, 3.63) is 64.7 Å². The van der Waals surface area contributed by atoms with Crippen molar-refractivity contribution >= 4 is 0 Å². The highest BCUT2D eigenvalue weighted by atomic mass is 19.4. The zero-order valence-electron chi connectivity index (χ0n) is 10.3. The van der Waals surface area contributed by atoms with Crippen molar-refractivity contribution in [2.75, 3.05) is 0 Å². The molecule has 1 aromatic heterocycles. The van der Waals surface area contributed by atoms with E-state index in [0.717, 1.165) is 12.4 Å². The molecule has 0 fully saturated rings. The minimum absolute atomic E-state index is 0.329. The van der Waals surface area contributed by atoms with Crippen LogP contribution in [-0.4, -0.2) is 4.98 Å². The van der Waals surface area contributed by atoms with Crippen LogP contribution in [0.1, 0.15) is 22.7 Å². The summed E-state index contributed by atoms with van der Waals surface area (Å²) in [5.41, 5.74) is 3.74. The summed E-state index contributed by atoms with van der Waals surface area (Å²) >= 11 is 0. The van der Waals surface area contributed by atoms with Gasteiger partial charge in [-0.1, -0.05) is 0 Å². The molecule has 0 spiro atoms. The topological polar surface area (TPSA) is 38.9 Å². The number of nitrogens with zero attached hydrogens (tertiary/aromatic N) is 1. The Hall–Kier alpha value is -2.09. The Morgan fingerprint density at radius 3 is 2.14 bits per heavy atom. The lowest BCUT2D eigenvalue weighted by atomic mass is 9.96. The Morgan fingerprint density at radius 1 is 1.05 bits per heavy atom. The predicted octanol–water partition coefficient (Wildman–Crippen LogP) is 3.57. The summed E-state index contributed by atoms with van der Waals surface area (Å²) in [6.45, 7) is 0. The minimum Gasteiger partial charge on any atom is -0.320 e. The highest BCUT2D eigenvalue weighted by Gasteiger charge is 2.35. The van der Waals surface area contributed by atoms with E-state index in [9.17, 15) is 26.3 Å². The number of hydrogen-bond donors (Lipinski definition) is 1. The molecule has 0 bridgehead atoms. The molecule has 1 aromatic carbocycles. The van der Waals surface area contributed by atoms with Crippen molar-refractivity contribution in [3.8, 4) is 0 Å². The molecular formula is C13H8F6N2. The number of benzene rings is 1. The molecule has 1 heterocycles. The van der Waals surface area contributed by atoms with Crippen molar-refractivity contribution in [2.45, 2.75) is 12.2 Å². The van der Waals surface area contributed by atoms with E-state index < -0.39 is 40.8 Å². The van der Waals surface area contributed by atoms with Gasteiger partial charge in [-0.25, -0.2) is 13.2 Å². The van der Waals surface area contributed by atoms with Crippen molar-refractivity contribution in [2.24, 2.45) is 5.73 Å². The summed E-state index contributed by atoms with van der Waals surface area (Å²) < 4.78 is 77.7. The van der Waals surface area contributed by atoms with Crippen LogP contribution in [0.3, 0.4) is 0 Å². The molecule has 2 N–H and O–H groups in total. The van der Waals surface area contributed by atoms with Gasteiger partial charge in [0.25, 0.3) is 0 Å². The minimum atomic E-state index is -4.70. The van der Waals surface area contributed by atoms with Crippen LogP contribution in [-0.2, 0) is 6.18 Å². The summed E-state index contributed by atoms with van der Waals surface area (Å²) in [5.74, 6) is -4.77. The third-order valence-electron chi connectivity index (χ3n) is 2.86. The fraction of sp³-hybridized carbons (Fsp3) is 0.154. The normalized spacial score (nSPS) is 13.3. The van der Waals surface area contributed by atoms with Crippen LogP contribution in [0.15, 0.2) is 30.6 Å². The van der Waals surface area contributed by atoms with E-state index >= 15 is 0 Å². The highest BCUT2D eigenvalue weighted by Crippen LogP contribution is 2.35. The molecule has 112 valence electrons. The van der Waals surface area contributed by atoms with E-state index in [1.807, 2.05) is 0 Å². The van der Waals surface area contributed by atoms with Crippen LogP contribution in [0.5, 0.6) is 0 Å². The van der Waals surface area contributed by atoms with Gasteiger partial charge in [-0.15, -0.1) is 0 Å². The van der Waals surface area contributed by atoms with E-state index in [-0.39, 0.29) is 5.56 Å². The average Bonchev–Trinajstić information content (AvgIpc) is 2.42. The van der Waals surface area contributed by atoms with Crippen LogP contribution < -0.4 is 5.73 Å². The van der Waals surface area contributed by atoms with Crippen LogP contribution in [0, 0.1) is 17.5 Å². The summed E-state index contributed by atoms with van der Waals surface area (Å²) in [6.07, 6.45) is -2.93. The van der Waals surface area contributed by atoms with Gasteiger partial charge in [0, 0.05) is 18.0 Å². The van der Waals surface area contributed by atoms with Crippen molar-refractivity contribution in [3.63, 3.8) is 0 Å². The number of pyridine rings is 1. The van der Waals surface area contributed by atoms with Crippen LogP contribution in [0.4, 0.5) is 26.3 Å². The first-order valence-electron chi connectivity index (χ1n) is 5.63. The Labute approximate surface area is 115 Å². The first-order chi connectivity index (χ1) is 9.71. The summed E-state index contributed by atoms with van der Waals surface area (Å²) in [4.78, 5) is 3.53. The molecule has 0 aliphatic carbocycles. The van der Waals surface area contributed by atoms with Crippen molar-refractivity contribution in [1.82, 2.24) is 4.98 Å². The van der Waals surface area contributed by atoms with Crippen LogP contribution in [0.2, 0.25) is 0 Å². The van der Waals surface area contributed by atoms with E-state index in [1.165, 1.54) is 0 Å². The number of hydrogen-bond acceptors (Lipinski definition) is 2. The second kappa shape index (κ2) is 5.36. The molecule has 0 aliphatic heterocycles. The molecule has 1 unspecified atom stereocenters. The van der Waals surface area contributed by atoms with Gasteiger partial charge in [0.1, 0.15) is 0 Å². The largest absolute Gasteiger partial charge is 0.416 e. The smallest absolute Gasteiger partial charge is 0.320 e. The Balaban J connectivity index is 2.53. The second-order valence-electron chi connectivity index (χ2n) is 4.24. The van der Waals surface area contributed by atoms with E-state index in [4.69, 9.17) is 5.73 Å². The molecule has 2 aromatic rings. The van der Waals surface area contributed by atoms with Gasteiger partial charge in [-0.2, -0.15) is 13.2 Å². The van der Waals surface area contributed by atoms with Gasteiger partial charge in [-0.3, -0.25) is 4.98 Å². The number of nitrogens with two attached hydrogens (primary N) is 1. The fourth-order valence-corrected chi connectivity index (χ4v) is 1.85. The molecule has 21 heavy (non-hydrogen) atoms. The molecule has 0 saturated carbocycles. The third-order valence-corrected chi connectivity index (χ3v) is 2.86. The molecule has 1 atom stereocenters. The molecule has 0 saturated heterocycles. The summed E-state index contributed by atoms with van der Waals surface area (Å²) in [5, 5.41) is 0. The highest BCUT2D eigenvalue weighted by molar-refractivity contribution is 5.37. The van der Waals surface area contributed by atoms with Gasteiger partial charge in [0.15, 0.2) is 17.5 Å². The van der Waals surface area contributed by atoms with Gasteiger partial charge in [0.05, 0.1) is 11.6 Å². The lowest BCUT2D eigenvalue weighted by molar-refractivity contribution is -0.138. The predicted molar refractivity (Wildman–Crippen MR) is 61.6 cm³/mol. The Morgan fingerprint density at radius 2 is 1.62 bits per heavy atom. The Kier molecular flexibility index (Phi) is 3.91. The van der Waals surface area contributed by atoms with Crippen LogP contribution in [0.25, 0.3) is 0 Å². The first-order valence-corrected chi connectivity index (χ1v) is 5.63. The zero-order valence-corrected chi connectivity index (χ0v) is 10.3. The van der Waals surface area contributed by atoms with E-state index in [0.29, 0.717) is 18.2 Å². The van der Waals surface area contributed by atoms with E-state index in [1.54, 1.807) is 0 Å². The standard InChI is InChI=1S/C13H8F6N2/c14-9-3-6(4-10(15)11(9)16)12(20)7-5-21-2-1-8(7)13(17,18)19/h1-5,12H,20H2. The molecule has 0 radical (unpaired) electrons. The molecule has 2 rings (SSSR count). The molecule has 0 amide bonds. The maximum absolute atomic E-state index is 13.1. The molecular weight excluding hydrogens is 298 g/mol. The maximum Gasteiger partial charge on any atom is 0.416 e. The van der Waals surface area contributed by atoms with Crippen LogP contribution >= 0.6 is 0 Å². The quantitative estimate of drug-likeness (QED) is 0.680. The maximum atomic E-state index is 13.1. The Bertz CT molecular complexity index is 645. The van der Waals surface area contributed by atoms with Crippen molar-refractivity contribution in [1.29, 1.82) is 0 Å². The lowest BCUT2D eigenvalue weighted by Crippen LogP contribution is -2.19. The fourth-order valence-electron chi connectivity index (χ4n) is 1.85. The van der Waals surface area contributed by atoms with Gasteiger partial charge < -0.3 is 5.73 Å². The summed E-state index contributed by atoms with van der Waals surface area (Å²) in [6, 6.07) is 0.303. The van der Waals surface area contributed by atoms with E-state index in [2.05, 4.69) is 4.98 Å². The monoisotopic (exact) mass is 306 g/mol. The number of aromatic nitrogens is 1. The number of rotatable bonds is 2. The first kappa shape index (κ1) is 15.3. The molecule has 8 heteroatoms. The lowest BCUT2D eigenvalue weighted by Gasteiger charge is -2.18.